The fraction of sp³-hybridized carbons (Fsp3) is 0.632. The fourth-order valence-electron chi connectivity index (χ4n) is 5.52. The summed E-state index contributed by atoms with van der Waals surface area (Å²) in [4.78, 5) is 12.3. The van der Waals surface area contributed by atoms with Crippen molar-refractivity contribution in [1.82, 2.24) is 0 Å². The molecule has 1 aromatic rings. The van der Waals surface area contributed by atoms with Crippen molar-refractivity contribution < 1.29 is 19.0 Å². The Hall–Kier alpha value is -1.75. The number of epoxide rings is 1. The van der Waals surface area contributed by atoms with Gasteiger partial charge in [0, 0.05) is 11.8 Å². The van der Waals surface area contributed by atoms with Crippen LogP contribution in [0.1, 0.15) is 26.2 Å². The van der Waals surface area contributed by atoms with Gasteiger partial charge in [-0.3, -0.25) is 5.32 Å². The van der Waals surface area contributed by atoms with Crippen molar-refractivity contribution in [2.75, 3.05) is 11.9 Å². The normalized spacial score (nSPS) is 40.8. The lowest BCUT2D eigenvalue weighted by molar-refractivity contribution is 0.0251. The second-order valence-corrected chi connectivity index (χ2v) is 7.54. The molecule has 4 fully saturated rings. The Balaban J connectivity index is 1.20. The summed E-state index contributed by atoms with van der Waals surface area (Å²) < 4.78 is 16.9. The average molecular weight is 329 g/mol. The largest absolute Gasteiger partial charge is 0.494 e. The lowest BCUT2D eigenvalue weighted by atomic mass is 9.79. The zero-order chi connectivity index (χ0) is 16.3. The van der Waals surface area contributed by atoms with Gasteiger partial charge in [-0.05, 0) is 62.0 Å². The van der Waals surface area contributed by atoms with Gasteiger partial charge in [-0.15, -0.1) is 0 Å². The molecule has 128 valence electrons. The highest BCUT2D eigenvalue weighted by molar-refractivity contribution is 5.85. The summed E-state index contributed by atoms with van der Waals surface area (Å²) in [5.74, 6) is 3.44. The van der Waals surface area contributed by atoms with E-state index in [4.69, 9.17) is 14.2 Å². The molecule has 1 heterocycles. The average Bonchev–Trinajstić information content (AvgIpc) is 2.92. The van der Waals surface area contributed by atoms with Crippen LogP contribution in [-0.4, -0.2) is 31.0 Å². The molecule has 1 aromatic carbocycles. The summed E-state index contributed by atoms with van der Waals surface area (Å²) in [6.45, 7) is 2.54. The van der Waals surface area contributed by atoms with Gasteiger partial charge in [0.1, 0.15) is 11.9 Å². The van der Waals surface area contributed by atoms with Crippen LogP contribution in [0.2, 0.25) is 0 Å². The Labute approximate surface area is 141 Å². The fourth-order valence-corrected chi connectivity index (χ4v) is 5.52. The molecule has 4 aliphatic rings. The molecule has 3 aliphatic carbocycles. The van der Waals surface area contributed by atoms with Crippen LogP contribution >= 0.6 is 0 Å². The standard InChI is InChI=1S/C19H23NO4/c1-2-22-12-5-3-4-11(8-12)20-19(21)24-15-7-10-6-13(15)14-9-16-18(23-16)17(10)14/h3-5,8,10,13-18H,2,6-7,9H2,1H3,(H,20,21)/t10-,13+,14+,15-,16+,17-,18+/m1/s1. The first kappa shape index (κ1) is 14.6. The first-order valence-corrected chi connectivity index (χ1v) is 9.09. The van der Waals surface area contributed by atoms with Gasteiger partial charge in [0.2, 0.25) is 0 Å². The molecule has 7 atom stereocenters. The Morgan fingerprint density at radius 3 is 3.08 bits per heavy atom. The number of amides is 1. The molecule has 24 heavy (non-hydrogen) atoms. The van der Waals surface area contributed by atoms with E-state index in [2.05, 4.69) is 5.32 Å². The van der Waals surface area contributed by atoms with Gasteiger partial charge in [0.25, 0.3) is 0 Å². The van der Waals surface area contributed by atoms with Crippen molar-refractivity contribution in [3.8, 4) is 5.75 Å². The molecule has 0 radical (unpaired) electrons. The number of fused-ring (bicyclic) bond motifs is 7. The molecule has 0 unspecified atom stereocenters. The zero-order valence-electron chi connectivity index (χ0n) is 13.8. The lowest BCUT2D eigenvalue weighted by Crippen LogP contribution is -2.35. The number of hydrogen-bond acceptors (Lipinski definition) is 4. The molecule has 1 N–H and O–H groups in total. The summed E-state index contributed by atoms with van der Waals surface area (Å²) in [7, 11) is 0. The molecule has 1 saturated heterocycles. The number of rotatable bonds is 4. The lowest BCUT2D eigenvalue weighted by Gasteiger charge is -2.32. The Kier molecular flexibility index (Phi) is 3.27. The van der Waals surface area contributed by atoms with Crippen LogP contribution in [0.15, 0.2) is 24.3 Å². The van der Waals surface area contributed by atoms with Gasteiger partial charge in [-0.1, -0.05) is 6.07 Å². The van der Waals surface area contributed by atoms with E-state index >= 15 is 0 Å². The number of carbonyl (C=O) groups excluding carboxylic acids is 1. The highest BCUT2D eigenvalue weighted by atomic mass is 16.6. The Bertz CT molecular complexity index is 663. The molecule has 5 rings (SSSR count). The van der Waals surface area contributed by atoms with Crippen LogP contribution in [-0.2, 0) is 9.47 Å². The second kappa shape index (κ2) is 5.38. The van der Waals surface area contributed by atoms with E-state index in [1.54, 1.807) is 0 Å². The van der Waals surface area contributed by atoms with Crippen LogP contribution < -0.4 is 10.1 Å². The smallest absolute Gasteiger partial charge is 0.411 e. The predicted octanol–water partition coefficient (Wildman–Crippen LogP) is 3.45. The van der Waals surface area contributed by atoms with Crippen molar-refractivity contribution in [2.24, 2.45) is 23.7 Å². The number of benzene rings is 1. The van der Waals surface area contributed by atoms with E-state index in [1.165, 1.54) is 12.8 Å². The molecular formula is C19H23NO4. The van der Waals surface area contributed by atoms with Crippen molar-refractivity contribution in [3.05, 3.63) is 24.3 Å². The van der Waals surface area contributed by atoms with Crippen molar-refractivity contribution in [1.29, 1.82) is 0 Å². The van der Waals surface area contributed by atoms with Crippen LogP contribution in [0, 0.1) is 23.7 Å². The summed E-state index contributed by atoms with van der Waals surface area (Å²) in [6, 6.07) is 7.42. The summed E-state index contributed by atoms with van der Waals surface area (Å²) in [5, 5.41) is 2.84. The van der Waals surface area contributed by atoms with Crippen molar-refractivity contribution >= 4 is 11.8 Å². The van der Waals surface area contributed by atoms with Gasteiger partial charge in [-0.25, -0.2) is 4.79 Å². The second-order valence-electron chi connectivity index (χ2n) is 7.54. The molecule has 0 spiro atoms. The maximum Gasteiger partial charge on any atom is 0.411 e. The molecular weight excluding hydrogens is 306 g/mol. The first-order valence-electron chi connectivity index (χ1n) is 9.09. The van der Waals surface area contributed by atoms with E-state index < -0.39 is 0 Å². The highest BCUT2D eigenvalue weighted by Gasteiger charge is 2.67. The topological polar surface area (TPSA) is 60.1 Å². The van der Waals surface area contributed by atoms with Gasteiger partial charge >= 0.3 is 6.09 Å². The van der Waals surface area contributed by atoms with E-state index in [-0.39, 0.29) is 12.2 Å². The monoisotopic (exact) mass is 329 g/mol. The van der Waals surface area contributed by atoms with Gasteiger partial charge < -0.3 is 14.2 Å². The zero-order valence-corrected chi connectivity index (χ0v) is 13.8. The summed E-state index contributed by atoms with van der Waals surface area (Å²) >= 11 is 0. The number of ether oxygens (including phenoxy) is 3. The summed E-state index contributed by atoms with van der Waals surface area (Å²) in [6.07, 6.45) is 4.15. The maximum absolute atomic E-state index is 12.3. The van der Waals surface area contributed by atoms with E-state index in [1.807, 2.05) is 31.2 Å². The highest BCUT2D eigenvalue weighted by Crippen LogP contribution is 2.64. The van der Waals surface area contributed by atoms with Crippen LogP contribution in [0.5, 0.6) is 5.75 Å². The minimum Gasteiger partial charge on any atom is -0.494 e. The Morgan fingerprint density at radius 2 is 2.21 bits per heavy atom. The van der Waals surface area contributed by atoms with Crippen molar-refractivity contribution in [2.45, 2.75) is 44.5 Å². The number of hydrogen-bond donors (Lipinski definition) is 1. The van der Waals surface area contributed by atoms with E-state index in [9.17, 15) is 4.79 Å². The third kappa shape index (κ3) is 2.29. The molecule has 3 saturated carbocycles. The number of nitrogens with one attached hydrogen (secondary N) is 1. The SMILES string of the molecule is CCOc1cccc(NC(=O)O[C@@H]2C[C@H]3C[C@H]2[C@@H]2C[C@@H]4O[C@@H]4[C@H]32)c1. The van der Waals surface area contributed by atoms with Gasteiger partial charge in [-0.2, -0.15) is 0 Å². The van der Waals surface area contributed by atoms with Gasteiger partial charge in [0.05, 0.1) is 18.8 Å². The summed E-state index contributed by atoms with van der Waals surface area (Å²) in [5.41, 5.74) is 0.711. The minimum absolute atomic E-state index is 0.0730. The van der Waals surface area contributed by atoms with Crippen LogP contribution in [0.25, 0.3) is 0 Å². The third-order valence-corrected chi connectivity index (χ3v) is 6.33. The quantitative estimate of drug-likeness (QED) is 0.860. The van der Waals surface area contributed by atoms with E-state index in [0.29, 0.717) is 42.3 Å². The molecule has 1 amide bonds. The Morgan fingerprint density at radius 1 is 1.29 bits per heavy atom. The first-order chi connectivity index (χ1) is 11.7. The third-order valence-electron chi connectivity index (χ3n) is 6.33. The van der Waals surface area contributed by atoms with Crippen molar-refractivity contribution in [3.63, 3.8) is 0 Å². The van der Waals surface area contributed by atoms with E-state index in [0.717, 1.165) is 18.1 Å². The predicted molar refractivity (Wildman–Crippen MR) is 88.0 cm³/mol. The minimum atomic E-state index is -0.350. The molecule has 2 bridgehead atoms. The molecule has 5 nitrogen and oxygen atoms in total. The maximum atomic E-state index is 12.3. The van der Waals surface area contributed by atoms with Crippen LogP contribution in [0.4, 0.5) is 10.5 Å². The number of carbonyl (C=O) groups is 1. The van der Waals surface area contributed by atoms with Gasteiger partial charge in [0.15, 0.2) is 0 Å². The van der Waals surface area contributed by atoms with Crippen LogP contribution in [0.3, 0.4) is 0 Å². The molecule has 0 aromatic heterocycles. The molecule has 5 heteroatoms. The molecule has 1 aliphatic heterocycles. The number of anilines is 1.